The molecule has 1 heterocycles. The highest BCUT2D eigenvalue weighted by atomic mass is 35.5. The van der Waals surface area contributed by atoms with Gasteiger partial charge in [-0.05, 0) is 24.3 Å². The summed E-state index contributed by atoms with van der Waals surface area (Å²) in [6, 6.07) is 4.05. The van der Waals surface area contributed by atoms with Crippen molar-refractivity contribution in [3.63, 3.8) is 0 Å². The molecule has 0 saturated carbocycles. The van der Waals surface area contributed by atoms with Gasteiger partial charge in [0.05, 0.1) is 12.4 Å². The van der Waals surface area contributed by atoms with Crippen LogP contribution in [0, 0.1) is 5.82 Å². The van der Waals surface area contributed by atoms with E-state index >= 15 is 0 Å². The van der Waals surface area contributed by atoms with Crippen molar-refractivity contribution in [2.24, 2.45) is 0 Å². The summed E-state index contributed by atoms with van der Waals surface area (Å²) in [5.41, 5.74) is -0.586. The lowest BCUT2D eigenvalue weighted by Crippen LogP contribution is -2.42. The van der Waals surface area contributed by atoms with Crippen molar-refractivity contribution < 1.29 is 17.6 Å². The molecule has 0 amide bonds. The van der Waals surface area contributed by atoms with E-state index in [4.69, 9.17) is 11.6 Å². The minimum atomic E-state index is -4.40. The molecule has 0 aromatic heterocycles. The zero-order valence-corrected chi connectivity index (χ0v) is 9.82. The molecular formula is C11H9ClF4N2. The lowest BCUT2D eigenvalue weighted by atomic mass is 10.2. The Balaban J connectivity index is 2.17. The zero-order chi connectivity index (χ0) is 13.3. The minimum Gasteiger partial charge on any atom is -0.364 e. The summed E-state index contributed by atoms with van der Waals surface area (Å²) in [6.07, 6.45) is -3.41. The van der Waals surface area contributed by atoms with Gasteiger partial charge >= 0.3 is 6.18 Å². The molecular weight excluding hydrogens is 272 g/mol. The maximum Gasteiger partial charge on any atom is 0.430 e. The molecule has 98 valence electrons. The summed E-state index contributed by atoms with van der Waals surface area (Å²) in [4.78, 5) is 1.45. The van der Waals surface area contributed by atoms with Crippen molar-refractivity contribution in [3.05, 3.63) is 40.8 Å². The third-order valence-electron chi connectivity index (χ3n) is 2.53. The Morgan fingerprint density at radius 1 is 1.28 bits per heavy atom. The first kappa shape index (κ1) is 13.0. The predicted molar refractivity (Wildman–Crippen MR) is 60.9 cm³/mol. The molecule has 0 fully saturated rings. The van der Waals surface area contributed by atoms with Gasteiger partial charge in [-0.15, -0.1) is 0 Å². The average molecular weight is 281 g/mol. The first-order valence-electron chi connectivity index (χ1n) is 5.09. The van der Waals surface area contributed by atoms with E-state index in [0.717, 1.165) is 12.1 Å². The van der Waals surface area contributed by atoms with Crippen LogP contribution in [0.5, 0.6) is 0 Å². The summed E-state index contributed by atoms with van der Waals surface area (Å²) in [5.74, 6) is -0.562. The summed E-state index contributed by atoms with van der Waals surface area (Å²) in [7, 11) is 0. The number of halogens is 5. The van der Waals surface area contributed by atoms with Gasteiger partial charge in [-0.1, -0.05) is 11.6 Å². The summed E-state index contributed by atoms with van der Waals surface area (Å²) in [6.45, 7) is -0.121. The first-order valence-corrected chi connectivity index (χ1v) is 5.47. The fraction of sp³-hybridized carbons (Fsp3) is 0.273. The van der Waals surface area contributed by atoms with Gasteiger partial charge in [0.2, 0.25) is 0 Å². The monoisotopic (exact) mass is 280 g/mol. The molecule has 2 nitrogen and oxygen atoms in total. The molecule has 1 N–H and O–H groups in total. The van der Waals surface area contributed by atoms with Crippen LogP contribution < -0.4 is 10.2 Å². The average Bonchev–Trinajstić information content (AvgIpc) is 2.28. The number of nitrogens with zero attached hydrogens (tertiary/aromatic N) is 1. The predicted octanol–water partition coefficient (Wildman–Crippen LogP) is 3.29. The highest BCUT2D eigenvalue weighted by molar-refractivity contribution is 6.30. The van der Waals surface area contributed by atoms with Crippen LogP contribution in [0.1, 0.15) is 0 Å². The Bertz CT molecular complexity index is 484. The van der Waals surface area contributed by atoms with Gasteiger partial charge in [0, 0.05) is 11.6 Å². The first-order chi connectivity index (χ1) is 8.38. The second kappa shape index (κ2) is 4.68. The Hall–Kier alpha value is -1.43. The molecule has 1 aromatic carbocycles. The molecule has 0 spiro atoms. The molecule has 0 unspecified atom stereocenters. The largest absolute Gasteiger partial charge is 0.430 e. The van der Waals surface area contributed by atoms with Crippen LogP contribution in [-0.4, -0.2) is 19.4 Å². The van der Waals surface area contributed by atoms with Crippen LogP contribution in [0.25, 0.3) is 0 Å². The van der Waals surface area contributed by atoms with E-state index in [1.165, 1.54) is 17.0 Å². The van der Waals surface area contributed by atoms with E-state index in [0.29, 0.717) is 0 Å². The quantitative estimate of drug-likeness (QED) is 0.794. The number of nitrogens with one attached hydrogen (secondary N) is 1. The maximum atomic E-state index is 13.6. The fourth-order valence-corrected chi connectivity index (χ4v) is 1.81. The number of hydrogen-bond donors (Lipinski definition) is 1. The van der Waals surface area contributed by atoms with Gasteiger partial charge in [0.1, 0.15) is 11.5 Å². The summed E-state index contributed by atoms with van der Waals surface area (Å²) in [5, 5.41) is 2.46. The van der Waals surface area contributed by atoms with E-state index < -0.39 is 17.7 Å². The normalized spacial score (nSPS) is 16.3. The molecule has 18 heavy (non-hydrogen) atoms. The highest BCUT2D eigenvalue weighted by Gasteiger charge is 2.35. The van der Waals surface area contributed by atoms with Crippen molar-refractivity contribution in [2.75, 3.05) is 18.1 Å². The molecule has 2 rings (SSSR count). The van der Waals surface area contributed by atoms with Crippen molar-refractivity contribution in [1.82, 2.24) is 5.32 Å². The van der Waals surface area contributed by atoms with Crippen molar-refractivity contribution in [3.8, 4) is 0 Å². The topological polar surface area (TPSA) is 15.3 Å². The molecule has 0 saturated heterocycles. The third-order valence-corrected chi connectivity index (χ3v) is 2.77. The van der Waals surface area contributed by atoms with Gasteiger partial charge < -0.3 is 10.2 Å². The molecule has 1 aliphatic rings. The molecule has 7 heteroatoms. The Labute approximate surface area is 106 Å². The summed E-state index contributed by atoms with van der Waals surface area (Å²) >= 11 is 5.60. The molecule has 1 aromatic rings. The Kier molecular flexibility index (Phi) is 3.38. The number of anilines is 1. The van der Waals surface area contributed by atoms with Crippen molar-refractivity contribution in [1.29, 1.82) is 0 Å². The second-order valence-corrected chi connectivity index (χ2v) is 4.21. The van der Waals surface area contributed by atoms with E-state index in [1.807, 2.05) is 0 Å². The van der Waals surface area contributed by atoms with E-state index in [2.05, 4.69) is 5.32 Å². The summed E-state index contributed by atoms with van der Waals surface area (Å²) < 4.78 is 50.7. The standard InChI is InChI=1S/C11H9ClF4N2/c12-7-1-2-9(8(13)5-7)18-4-3-10(17-6-18)11(14,15)16/h1-3,5,17H,4,6H2. The Morgan fingerprint density at radius 3 is 2.50 bits per heavy atom. The van der Waals surface area contributed by atoms with E-state index in [9.17, 15) is 17.6 Å². The van der Waals surface area contributed by atoms with Crippen LogP contribution in [-0.2, 0) is 0 Å². The second-order valence-electron chi connectivity index (χ2n) is 3.77. The molecule has 0 bridgehead atoms. The maximum absolute atomic E-state index is 13.6. The molecule has 0 aliphatic carbocycles. The lowest BCUT2D eigenvalue weighted by molar-refractivity contribution is -0.0974. The van der Waals surface area contributed by atoms with Crippen LogP contribution in [0.15, 0.2) is 30.0 Å². The van der Waals surface area contributed by atoms with Crippen LogP contribution in [0.2, 0.25) is 5.02 Å². The van der Waals surface area contributed by atoms with E-state index in [-0.39, 0.29) is 23.9 Å². The minimum absolute atomic E-state index is 0.0135. The molecule has 1 aliphatic heterocycles. The van der Waals surface area contributed by atoms with Gasteiger partial charge in [-0.3, -0.25) is 0 Å². The highest BCUT2D eigenvalue weighted by Crippen LogP contribution is 2.28. The molecule has 0 radical (unpaired) electrons. The number of hydrogen-bond acceptors (Lipinski definition) is 2. The number of alkyl halides is 3. The van der Waals surface area contributed by atoms with Crippen LogP contribution in [0.4, 0.5) is 23.2 Å². The van der Waals surface area contributed by atoms with Gasteiger partial charge in [0.15, 0.2) is 0 Å². The number of rotatable bonds is 1. The van der Waals surface area contributed by atoms with Gasteiger partial charge in [0.25, 0.3) is 0 Å². The SMILES string of the molecule is Fc1cc(Cl)ccc1N1CC=C(C(F)(F)F)NC1. The third kappa shape index (κ3) is 2.69. The van der Waals surface area contributed by atoms with Gasteiger partial charge in [-0.25, -0.2) is 4.39 Å². The molecule has 0 atom stereocenters. The zero-order valence-electron chi connectivity index (χ0n) is 9.06. The number of benzene rings is 1. The van der Waals surface area contributed by atoms with Crippen LogP contribution >= 0.6 is 11.6 Å². The van der Waals surface area contributed by atoms with Crippen molar-refractivity contribution >= 4 is 17.3 Å². The van der Waals surface area contributed by atoms with Crippen molar-refractivity contribution in [2.45, 2.75) is 6.18 Å². The number of allylic oxidation sites excluding steroid dienone is 1. The van der Waals surface area contributed by atoms with Crippen LogP contribution in [0.3, 0.4) is 0 Å². The smallest absolute Gasteiger partial charge is 0.364 e. The fourth-order valence-electron chi connectivity index (χ4n) is 1.66. The lowest BCUT2D eigenvalue weighted by Gasteiger charge is -2.30. The van der Waals surface area contributed by atoms with Gasteiger partial charge in [-0.2, -0.15) is 13.2 Å². The Morgan fingerprint density at radius 2 is 2.00 bits per heavy atom. The van der Waals surface area contributed by atoms with E-state index in [1.54, 1.807) is 0 Å².